The highest BCUT2D eigenvalue weighted by Crippen LogP contribution is 2.44. The van der Waals surface area contributed by atoms with Gasteiger partial charge in [-0.3, -0.25) is 4.79 Å². The summed E-state index contributed by atoms with van der Waals surface area (Å²) in [6.45, 7) is 0.277. The van der Waals surface area contributed by atoms with Gasteiger partial charge >= 0.3 is 12.1 Å². The largest absolute Gasteiger partial charge is 0.492 e. The molecule has 1 aliphatic heterocycles. The maximum Gasteiger partial charge on any atom is 0.416 e. The quantitative estimate of drug-likeness (QED) is 0.349. The number of alkyl halides is 3. The molecule has 5 nitrogen and oxygen atoms in total. The Labute approximate surface area is 198 Å². The van der Waals surface area contributed by atoms with Crippen molar-refractivity contribution in [3.05, 3.63) is 88.0 Å². The van der Waals surface area contributed by atoms with Gasteiger partial charge in [0.1, 0.15) is 17.6 Å². The predicted octanol–water partition coefficient (Wildman–Crippen LogP) is 5.85. The average Bonchev–Trinajstić information content (AvgIpc) is 3.38. The van der Waals surface area contributed by atoms with Crippen LogP contribution in [0.2, 0.25) is 0 Å². The number of nitrogens with zero attached hydrogens (tertiary/aromatic N) is 1. The van der Waals surface area contributed by atoms with Gasteiger partial charge in [0.25, 0.3) is 0 Å². The van der Waals surface area contributed by atoms with Crippen molar-refractivity contribution in [3.63, 3.8) is 0 Å². The monoisotopic (exact) mass is 487 g/mol. The summed E-state index contributed by atoms with van der Waals surface area (Å²) in [5, 5.41) is 9.06. The zero-order valence-corrected chi connectivity index (χ0v) is 18.4. The minimum Gasteiger partial charge on any atom is -0.492 e. The van der Waals surface area contributed by atoms with Crippen molar-refractivity contribution in [3.8, 4) is 11.5 Å². The normalized spacial score (nSPS) is 18.6. The number of aliphatic carboxylic acids is 1. The van der Waals surface area contributed by atoms with E-state index < -0.39 is 29.8 Å². The molecule has 2 aromatic carbocycles. The highest BCUT2D eigenvalue weighted by Gasteiger charge is 2.37. The van der Waals surface area contributed by atoms with Gasteiger partial charge in [0.15, 0.2) is 0 Å². The molecular formula is C26H21F4NO4. The average molecular weight is 487 g/mol. The van der Waals surface area contributed by atoms with Gasteiger partial charge < -0.3 is 14.6 Å². The fraction of sp³-hybridized carbons (Fsp3) is 0.308. The fourth-order valence-electron chi connectivity index (χ4n) is 4.92. The molecule has 35 heavy (non-hydrogen) atoms. The lowest BCUT2D eigenvalue weighted by atomic mass is 9.92. The van der Waals surface area contributed by atoms with Crippen LogP contribution in [0.5, 0.6) is 11.5 Å². The Hall–Kier alpha value is -3.62. The van der Waals surface area contributed by atoms with Crippen LogP contribution >= 0.6 is 0 Å². The van der Waals surface area contributed by atoms with Crippen molar-refractivity contribution >= 4 is 5.97 Å². The lowest BCUT2D eigenvalue weighted by molar-refractivity contribution is -0.138. The molecule has 9 heteroatoms. The molecule has 0 spiro atoms. The molecule has 2 unspecified atom stereocenters. The Morgan fingerprint density at radius 2 is 1.94 bits per heavy atom. The molecule has 5 rings (SSSR count). The lowest BCUT2D eigenvalue weighted by Gasteiger charge is -2.19. The van der Waals surface area contributed by atoms with Gasteiger partial charge in [0.05, 0.1) is 18.6 Å². The number of carboxylic acids is 1. The van der Waals surface area contributed by atoms with E-state index in [1.165, 1.54) is 18.3 Å². The molecule has 182 valence electrons. The van der Waals surface area contributed by atoms with Crippen molar-refractivity contribution in [2.45, 2.75) is 43.9 Å². The molecule has 3 aromatic rings. The first-order valence-corrected chi connectivity index (χ1v) is 11.2. The number of carboxylic acid groups (broad SMARTS) is 1. The van der Waals surface area contributed by atoms with Gasteiger partial charge in [-0.15, -0.1) is 0 Å². The first-order valence-electron chi connectivity index (χ1n) is 11.2. The smallest absolute Gasteiger partial charge is 0.416 e. The Morgan fingerprint density at radius 1 is 1.14 bits per heavy atom. The molecule has 2 atom stereocenters. The minimum absolute atomic E-state index is 0.0182. The molecule has 0 fully saturated rings. The van der Waals surface area contributed by atoms with E-state index in [0.717, 1.165) is 17.7 Å². The van der Waals surface area contributed by atoms with Gasteiger partial charge in [0, 0.05) is 23.7 Å². The van der Waals surface area contributed by atoms with E-state index in [9.17, 15) is 22.4 Å². The highest BCUT2D eigenvalue weighted by molar-refractivity contribution is 5.68. The van der Waals surface area contributed by atoms with Crippen LogP contribution in [0.1, 0.15) is 58.2 Å². The highest BCUT2D eigenvalue weighted by atomic mass is 19.4. The van der Waals surface area contributed by atoms with Crippen LogP contribution < -0.4 is 9.47 Å². The fourth-order valence-corrected chi connectivity index (χ4v) is 4.92. The van der Waals surface area contributed by atoms with Crippen molar-refractivity contribution in [1.29, 1.82) is 0 Å². The van der Waals surface area contributed by atoms with Crippen molar-refractivity contribution < 1.29 is 36.9 Å². The van der Waals surface area contributed by atoms with Crippen LogP contribution in [-0.2, 0) is 23.8 Å². The van der Waals surface area contributed by atoms with Crippen LogP contribution in [0.25, 0.3) is 0 Å². The van der Waals surface area contributed by atoms with Crippen molar-refractivity contribution in [1.82, 2.24) is 4.98 Å². The van der Waals surface area contributed by atoms with E-state index in [0.29, 0.717) is 41.0 Å². The summed E-state index contributed by atoms with van der Waals surface area (Å²) >= 11 is 0. The number of carbonyl (C=O) groups is 1. The Bertz CT molecular complexity index is 1270. The number of halogens is 4. The van der Waals surface area contributed by atoms with E-state index >= 15 is 0 Å². The number of hydrogen-bond acceptors (Lipinski definition) is 4. The maximum atomic E-state index is 13.8. The lowest BCUT2D eigenvalue weighted by Crippen LogP contribution is -2.13. The number of pyridine rings is 1. The first-order chi connectivity index (χ1) is 16.7. The summed E-state index contributed by atoms with van der Waals surface area (Å²) in [6.07, 6.45) is -2.85. The molecule has 0 radical (unpaired) electrons. The second-order valence-electron chi connectivity index (χ2n) is 8.77. The topological polar surface area (TPSA) is 68.7 Å². The second kappa shape index (κ2) is 8.87. The van der Waals surface area contributed by atoms with Crippen LogP contribution in [0.15, 0.2) is 48.7 Å². The molecule has 1 N–H and O–H groups in total. The molecule has 0 bridgehead atoms. The zero-order chi connectivity index (χ0) is 24.7. The Kier molecular flexibility index (Phi) is 5.86. The Morgan fingerprint density at radius 3 is 2.66 bits per heavy atom. The molecule has 0 amide bonds. The summed E-state index contributed by atoms with van der Waals surface area (Å²) in [4.78, 5) is 14.6. The third kappa shape index (κ3) is 4.67. The third-order valence-electron chi connectivity index (χ3n) is 6.51. The van der Waals surface area contributed by atoms with Gasteiger partial charge in [-0.05, 0) is 59.7 Å². The van der Waals surface area contributed by atoms with E-state index in [-0.39, 0.29) is 30.9 Å². The van der Waals surface area contributed by atoms with Gasteiger partial charge in [-0.2, -0.15) is 17.6 Å². The molecule has 1 aromatic heterocycles. The minimum atomic E-state index is -4.53. The number of rotatable bonds is 6. The molecular weight excluding hydrogens is 466 g/mol. The predicted molar refractivity (Wildman–Crippen MR) is 117 cm³/mol. The molecule has 0 saturated carbocycles. The van der Waals surface area contributed by atoms with Crippen LogP contribution in [0.4, 0.5) is 17.6 Å². The van der Waals surface area contributed by atoms with Crippen LogP contribution in [0.3, 0.4) is 0 Å². The molecule has 0 saturated heterocycles. The summed E-state index contributed by atoms with van der Waals surface area (Å²) in [5.74, 6) is -0.761. The van der Waals surface area contributed by atoms with Crippen molar-refractivity contribution in [2.75, 3.05) is 6.61 Å². The summed E-state index contributed by atoms with van der Waals surface area (Å²) in [5.41, 5.74) is 2.01. The standard InChI is InChI=1S/C26H21F4NO4/c27-24-8-1-14(12-31-24)9-20-18-5-7-22(19(18)4-6-21(20)26(28,29)30)35-16-2-3-17-15(10-25(32)33)13-34-23(17)11-16/h1-4,6,8,11-12,15,22H,5,7,9-10,13H2,(H,32,33). The summed E-state index contributed by atoms with van der Waals surface area (Å²) < 4.78 is 66.4. The Balaban J connectivity index is 1.42. The van der Waals surface area contributed by atoms with Crippen LogP contribution in [-0.4, -0.2) is 22.7 Å². The molecule has 2 aliphatic rings. The van der Waals surface area contributed by atoms with E-state index in [4.69, 9.17) is 14.6 Å². The third-order valence-corrected chi connectivity index (χ3v) is 6.51. The van der Waals surface area contributed by atoms with E-state index in [1.54, 1.807) is 18.2 Å². The summed E-state index contributed by atoms with van der Waals surface area (Å²) in [6, 6.07) is 10.3. The zero-order valence-electron chi connectivity index (χ0n) is 18.4. The number of hydrogen-bond donors (Lipinski definition) is 1. The van der Waals surface area contributed by atoms with Crippen LogP contribution in [0, 0.1) is 5.95 Å². The second-order valence-corrected chi connectivity index (χ2v) is 8.77. The number of ether oxygens (including phenoxy) is 2. The molecule has 2 heterocycles. The maximum absolute atomic E-state index is 13.8. The van der Waals surface area contributed by atoms with E-state index in [2.05, 4.69) is 4.98 Å². The van der Waals surface area contributed by atoms with E-state index in [1.807, 2.05) is 0 Å². The number of fused-ring (bicyclic) bond motifs is 2. The number of aromatic nitrogens is 1. The summed E-state index contributed by atoms with van der Waals surface area (Å²) in [7, 11) is 0. The molecule has 1 aliphatic carbocycles. The van der Waals surface area contributed by atoms with Gasteiger partial charge in [-0.25, -0.2) is 4.98 Å². The van der Waals surface area contributed by atoms with Crippen molar-refractivity contribution in [2.24, 2.45) is 0 Å². The SMILES string of the molecule is O=C(O)CC1COc2cc(OC3CCc4c3ccc(C(F)(F)F)c4Cc3ccc(F)nc3)ccc21. The van der Waals surface area contributed by atoms with Gasteiger partial charge in [-0.1, -0.05) is 18.2 Å². The van der Waals surface area contributed by atoms with Gasteiger partial charge in [0.2, 0.25) is 5.95 Å². The number of benzene rings is 2. The first kappa shape index (κ1) is 23.1.